The molecule has 5 heteroatoms. The van der Waals surface area contributed by atoms with E-state index in [0.717, 1.165) is 16.3 Å². The lowest BCUT2D eigenvalue weighted by Crippen LogP contribution is -2.26. The van der Waals surface area contributed by atoms with Crippen LogP contribution in [0, 0.1) is 6.92 Å². The van der Waals surface area contributed by atoms with Crippen LogP contribution in [0.4, 0.5) is 0 Å². The van der Waals surface area contributed by atoms with Gasteiger partial charge in [0, 0.05) is 10.9 Å². The number of rotatable bonds is 4. The summed E-state index contributed by atoms with van der Waals surface area (Å²) < 4.78 is 5.29. The second-order valence-electron chi connectivity index (χ2n) is 5.11. The molecular weight excluding hydrogens is 296 g/mol. The molecule has 1 aromatic carbocycles. The van der Waals surface area contributed by atoms with E-state index in [2.05, 4.69) is 10.3 Å². The smallest absolute Gasteiger partial charge is 0.271 e. The largest absolute Gasteiger partial charge is 0.467 e. The van der Waals surface area contributed by atoms with Gasteiger partial charge in [-0.3, -0.25) is 4.79 Å². The molecule has 0 spiro atoms. The number of hydrogen-bond acceptors (Lipinski definition) is 4. The summed E-state index contributed by atoms with van der Waals surface area (Å²) in [6.45, 7) is 3.92. The molecule has 1 atom stereocenters. The van der Waals surface area contributed by atoms with Crippen LogP contribution in [0.2, 0.25) is 0 Å². The fraction of sp³-hybridized carbons (Fsp3) is 0.176. The average Bonchev–Trinajstić information content (AvgIpc) is 3.20. The Morgan fingerprint density at radius 1 is 1.27 bits per heavy atom. The van der Waals surface area contributed by atoms with Crippen molar-refractivity contribution < 1.29 is 9.21 Å². The predicted octanol–water partition coefficient (Wildman–Crippen LogP) is 4.20. The van der Waals surface area contributed by atoms with Gasteiger partial charge in [-0.25, -0.2) is 4.98 Å². The van der Waals surface area contributed by atoms with Crippen molar-refractivity contribution in [3.63, 3.8) is 0 Å². The van der Waals surface area contributed by atoms with E-state index in [4.69, 9.17) is 4.42 Å². The number of nitrogens with zero attached hydrogens (tertiary/aromatic N) is 1. The third-order valence-corrected chi connectivity index (χ3v) is 4.24. The van der Waals surface area contributed by atoms with Crippen molar-refractivity contribution >= 4 is 17.2 Å². The number of nitrogens with one attached hydrogen (secondary N) is 1. The molecule has 0 aliphatic rings. The summed E-state index contributed by atoms with van der Waals surface area (Å²) in [5.41, 5.74) is 2.65. The highest BCUT2D eigenvalue weighted by atomic mass is 32.1. The van der Waals surface area contributed by atoms with Crippen LogP contribution in [-0.4, -0.2) is 10.9 Å². The zero-order valence-electron chi connectivity index (χ0n) is 12.4. The quantitative estimate of drug-likeness (QED) is 0.785. The number of benzene rings is 1. The second kappa shape index (κ2) is 6.15. The monoisotopic (exact) mass is 312 g/mol. The Kier molecular flexibility index (Phi) is 4.06. The molecular formula is C17H16N2O2S. The third-order valence-electron chi connectivity index (χ3n) is 3.35. The van der Waals surface area contributed by atoms with E-state index < -0.39 is 0 Å². The van der Waals surface area contributed by atoms with Crippen LogP contribution in [0.25, 0.3) is 10.6 Å². The molecule has 0 radical (unpaired) electrons. The maximum Gasteiger partial charge on any atom is 0.271 e. The summed E-state index contributed by atoms with van der Waals surface area (Å²) in [4.78, 5) is 16.7. The molecule has 3 aromatic rings. The minimum absolute atomic E-state index is 0.188. The van der Waals surface area contributed by atoms with Crippen LogP contribution >= 0.6 is 11.3 Å². The fourth-order valence-electron chi connectivity index (χ4n) is 2.09. The number of aromatic nitrogens is 1. The molecule has 2 heterocycles. The minimum Gasteiger partial charge on any atom is -0.467 e. The minimum atomic E-state index is -0.196. The summed E-state index contributed by atoms with van der Waals surface area (Å²) in [5.74, 6) is 0.529. The van der Waals surface area contributed by atoms with Crippen molar-refractivity contribution in [2.45, 2.75) is 19.9 Å². The number of thiazole rings is 1. The van der Waals surface area contributed by atoms with Crippen LogP contribution < -0.4 is 5.32 Å². The Morgan fingerprint density at radius 3 is 2.73 bits per heavy atom. The molecule has 0 saturated carbocycles. The number of hydrogen-bond donors (Lipinski definition) is 1. The summed E-state index contributed by atoms with van der Waals surface area (Å²) in [6.07, 6.45) is 1.59. The molecule has 4 nitrogen and oxygen atoms in total. The van der Waals surface area contributed by atoms with Crippen LogP contribution in [0.5, 0.6) is 0 Å². The van der Waals surface area contributed by atoms with Gasteiger partial charge in [-0.2, -0.15) is 0 Å². The molecule has 22 heavy (non-hydrogen) atoms. The highest BCUT2D eigenvalue weighted by Gasteiger charge is 2.16. The van der Waals surface area contributed by atoms with Gasteiger partial charge >= 0.3 is 0 Å². The van der Waals surface area contributed by atoms with Gasteiger partial charge in [0.05, 0.1) is 12.3 Å². The van der Waals surface area contributed by atoms with E-state index in [0.29, 0.717) is 5.69 Å². The lowest BCUT2D eigenvalue weighted by atomic mass is 10.2. The molecule has 1 unspecified atom stereocenters. The molecule has 112 valence electrons. The number of carbonyl (C=O) groups is 1. The molecule has 1 N–H and O–H groups in total. The van der Waals surface area contributed by atoms with Crippen LogP contribution in [0.1, 0.15) is 34.8 Å². The molecule has 0 bridgehead atoms. The Hall–Kier alpha value is -2.40. The number of furan rings is 1. The number of amides is 1. The maximum absolute atomic E-state index is 12.2. The van der Waals surface area contributed by atoms with E-state index in [1.165, 1.54) is 16.9 Å². The summed E-state index contributed by atoms with van der Waals surface area (Å²) in [5, 5.41) is 5.50. The Labute approximate surface area is 132 Å². The first-order valence-corrected chi connectivity index (χ1v) is 7.88. The van der Waals surface area contributed by atoms with Gasteiger partial charge in [0.1, 0.15) is 16.5 Å². The van der Waals surface area contributed by atoms with Crippen molar-refractivity contribution in [2.75, 3.05) is 0 Å². The predicted molar refractivity (Wildman–Crippen MR) is 86.9 cm³/mol. The normalized spacial score (nSPS) is 12.1. The highest BCUT2D eigenvalue weighted by Crippen LogP contribution is 2.24. The van der Waals surface area contributed by atoms with Crippen molar-refractivity contribution in [3.8, 4) is 10.6 Å². The number of aryl methyl sites for hydroxylation is 1. The molecule has 2 aromatic heterocycles. The topological polar surface area (TPSA) is 55.1 Å². The zero-order valence-corrected chi connectivity index (χ0v) is 13.2. The average molecular weight is 312 g/mol. The molecule has 0 aliphatic heterocycles. The van der Waals surface area contributed by atoms with E-state index in [9.17, 15) is 4.79 Å². The Bertz CT molecular complexity index is 760. The highest BCUT2D eigenvalue weighted by molar-refractivity contribution is 7.13. The van der Waals surface area contributed by atoms with Crippen molar-refractivity contribution in [1.82, 2.24) is 10.3 Å². The zero-order chi connectivity index (χ0) is 15.5. The Morgan fingerprint density at radius 2 is 2.05 bits per heavy atom. The summed E-state index contributed by atoms with van der Waals surface area (Å²) >= 11 is 1.47. The standard InChI is InChI=1S/C17H16N2O2S/c1-11-5-7-13(8-6-11)17-19-14(10-22-17)16(20)18-12(2)15-4-3-9-21-15/h3-10,12H,1-2H3,(H,18,20). The van der Waals surface area contributed by atoms with Crippen molar-refractivity contribution in [1.29, 1.82) is 0 Å². The lowest BCUT2D eigenvalue weighted by Gasteiger charge is -2.09. The van der Waals surface area contributed by atoms with E-state index in [-0.39, 0.29) is 11.9 Å². The number of carbonyl (C=O) groups excluding carboxylic acids is 1. The van der Waals surface area contributed by atoms with Gasteiger partial charge < -0.3 is 9.73 Å². The van der Waals surface area contributed by atoms with Gasteiger partial charge in [-0.1, -0.05) is 29.8 Å². The fourth-order valence-corrected chi connectivity index (χ4v) is 2.89. The molecule has 3 rings (SSSR count). The molecule has 1 amide bonds. The molecule has 0 saturated heterocycles. The Balaban J connectivity index is 1.73. The van der Waals surface area contributed by atoms with E-state index in [1.54, 1.807) is 17.7 Å². The van der Waals surface area contributed by atoms with Gasteiger partial charge in [-0.15, -0.1) is 11.3 Å². The van der Waals surface area contributed by atoms with Gasteiger partial charge in [0.2, 0.25) is 0 Å². The van der Waals surface area contributed by atoms with Crippen LogP contribution in [0.15, 0.2) is 52.5 Å². The van der Waals surface area contributed by atoms with Crippen LogP contribution in [-0.2, 0) is 0 Å². The summed E-state index contributed by atoms with van der Waals surface area (Å²) in [7, 11) is 0. The first-order chi connectivity index (χ1) is 10.6. The van der Waals surface area contributed by atoms with Crippen molar-refractivity contribution in [3.05, 3.63) is 65.1 Å². The molecule has 0 fully saturated rings. The first kappa shape index (κ1) is 14.5. The second-order valence-corrected chi connectivity index (χ2v) is 5.97. The third kappa shape index (κ3) is 3.09. The first-order valence-electron chi connectivity index (χ1n) is 7.00. The lowest BCUT2D eigenvalue weighted by molar-refractivity contribution is 0.0931. The molecule has 0 aliphatic carbocycles. The maximum atomic E-state index is 12.2. The van der Waals surface area contributed by atoms with Crippen molar-refractivity contribution in [2.24, 2.45) is 0 Å². The van der Waals surface area contributed by atoms with Gasteiger partial charge in [0.15, 0.2) is 0 Å². The summed E-state index contributed by atoms with van der Waals surface area (Å²) in [6, 6.07) is 11.6. The van der Waals surface area contributed by atoms with Gasteiger partial charge in [-0.05, 0) is 26.0 Å². The van der Waals surface area contributed by atoms with Gasteiger partial charge in [0.25, 0.3) is 5.91 Å². The van der Waals surface area contributed by atoms with E-state index in [1.807, 2.05) is 44.2 Å². The SMILES string of the molecule is Cc1ccc(-c2nc(C(=O)NC(C)c3ccco3)cs2)cc1. The van der Waals surface area contributed by atoms with Crippen LogP contribution in [0.3, 0.4) is 0 Å². The van der Waals surface area contributed by atoms with E-state index >= 15 is 0 Å².